The molecule has 0 heterocycles. The summed E-state index contributed by atoms with van der Waals surface area (Å²) in [6, 6.07) is 0. The molecule has 0 spiro atoms. The van der Waals surface area contributed by atoms with Gasteiger partial charge in [0.15, 0.2) is 0 Å². The number of carboxylic acid groups (broad SMARTS) is 1. The highest BCUT2D eigenvalue weighted by molar-refractivity contribution is 5.80. The number of carboxylic acids is 1. The van der Waals surface area contributed by atoms with E-state index in [1.165, 1.54) is 12.8 Å². The average molecular weight is 180 g/mol. The van der Waals surface area contributed by atoms with Gasteiger partial charge < -0.3 is 5.11 Å². The minimum absolute atomic E-state index is 0.280. The van der Waals surface area contributed by atoms with E-state index in [2.05, 4.69) is 13.8 Å². The lowest BCUT2D eigenvalue weighted by atomic mass is 9.45. The Labute approximate surface area is 78.3 Å². The second-order valence-corrected chi connectivity index (χ2v) is 5.79. The molecule has 2 heteroatoms. The molecule has 1 N–H and O–H groups in total. The van der Waals surface area contributed by atoms with E-state index in [0.29, 0.717) is 17.3 Å². The zero-order chi connectivity index (χ0) is 9.43. The van der Waals surface area contributed by atoms with E-state index in [-0.39, 0.29) is 5.41 Å². The van der Waals surface area contributed by atoms with Gasteiger partial charge in [-0.3, -0.25) is 4.79 Å². The van der Waals surface area contributed by atoms with Gasteiger partial charge in [-0.2, -0.15) is 0 Å². The minimum Gasteiger partial charge on any atom is -0.481 e. The summed E-state index contributed by atoms with van der Waals surface area (Å²) < 4.78 is 0. The first-order valence-corrected chi connectivity index (χ1v) is 5.23. The summed E-state index contributed by atoms with van der Waals surface area (Å²) in [7, 11) is 0. The minimum atomic E-state index is -0.520. The topological polar surface area (TPSA) is 37.3 Å². The lowest BCUT2D eigenvalue weighted by Gasteiger charge is -2.59. The van der Waals surface area contributed by atoms with E-state index < -0.39 is 5.97 Å². The first-order chi connectivity index (χ1) is 5.99. The molecule has 4 saturated carbocycles. The lowest BCUT2D eigenvalue weighted by Crippen LogP contribution is -2.55. The van der Waals surface area contributed by atoms with Crippen molar-refractivity contribution in [3.8, 4) is 0 Å². The molecule has 0 aromatic rings. The van der Waals surface area contributed by atoms with E-state index in [9.17, 15) is 9.90 Å². The normalized spacial score (nSPS) is 54.8. The van der Waals surface area contributed by atoms with E-state index in [1.54, 1.807) is 0 Å². The Kier molecular flexibility index (Phi) is 1.08. The quantitative estimate of drug-likeness (QED) is 0.671. The fourth-order valence-electron chi connectivity index (χ4n) is 4.11. The van der Waals surface area contributed by atoms with Gasteiger partial charge in [0.2, 0.25) is 0 Å². The maximum absolute atomic E-state index is 11.2. The van der Waals surface area contributed by atoms with Crippen molar-refractivity contribution in [3.63, 3.8) is 0 Å². The molecule has 0 aromatic carbocycles. The van der Waals surface area contributed by atoms with E-state index in [0.717, 1.165) is 12.3 Å². The van der Waals surface area contributed by atoms with Gasteiger partial charge in [0, 0.05) is 0 Å². The van der Waals surface area contributed by atoms with Gasteiger partial charge in [-0.25, -0.2) is 0 Å². The van der Waals surface area contributed by atoms with Crippen LogP contribution in [0.5, 0.6) is 0 Å². The molecule has 72 valence electrons. The highest BCUT2D eigenvalue weighted by Crippen LogP contribution is 2.78. The van der Waals surface area contributed by atoms with E-state index in [1.807, 2.05) is 0 Å². The fourth-order valence-corrected chi connectivity index (χ4v) is 4.11. The molecular weight excluding hydrogens is 164 g/mol. The van der Waals surface area contributed by atoms with Crippen LogP contribution in [0.2, 0.25) is 0 Å². The molecular formula is C11H16O2. The Hall–Kier alpha value is -0.530. The fraction of sp³-hybridized carbons (Fsp3) is 0.909. The molecule has 0 amide bonds. The molecule has 0 radical (unpaired) electrons. The van der Waals surface area contributed by atoms with Crippen LogP contribution in [-0.4, -0.2) is 11.1 Å². The van der Waals surface area contributed by atoms with Crippen molar-refractivity contribution in [1.82, 2.24) is 0 Å². The van der Waals surface area contributed by atoms with Crippen LogP contribution in [0.25, 0.3) is 0 Å². The van der Waals surface area contributed by atoms with Gasteiger partial charge in [-0.15, -0.1) is 0 Å². The molecule has 4 aliphatic carbocycles. The highest BCUT2D eigenvalue weighted by Gasteiger charge is 2.76. The molecule has 0 aliphatic heterocycles. The van der Waals surface area contributed by atoms with Crippen LogP contribution in [0.4, 0.5) is 0 Å². The maximum Gasteiger partial charge on any atom is 0.310 e. The van der Waals surface area contributed by atoms with Crippen molar-refractivity contribution >= 4 is 5.97 Å². The number of aliphatic carboxylic acids is 1. The molecule has 0 aromatic heterocycles. The van der Waals surface area contributed by atoms with Crippen molar-refractivity contribution < 1.29 is 9.90 Å². The smallest absolute Gasteiger partial charge is 0.310 e. The molecule has 4 rings (SSSR count). The summed E-state index contributed by atoms with van der Waals surface area (Å²) in [6.45, 7) is 4.51. The lowest BCUT2D eigenvalue weighted by molar-refractivity contribution is -0.168. The Balaban J connectivity index is 1.99. The van der Waals surface area contributed by atoms with E-state index >= 15 is 0 Å². The highest BCUT2D eigenvalue weighted by atomic mass is 16.4. The monoisotopic (exact) mass is 180 g/mol. The zero-order valence-corrected chi connectivity index (χ0v) is 8.21. The Bertz CT molecular complexity index is 294. The summed E-state index contributed by atoms with van der Waals surface area (Å²) in [5.74, 6) is 1.30. The van der Waals surface area contributed by atoms with Gasteiger partial charge in [0.25, 0.3) is 0 Å². The molecule has 4 atom stereocenters. The van der Waals surface area contributed by atoms with Crippen molar-refractivity contribution in [2.75, 3.05) is 0 Å². The van der Waals surface area contributed by atoms with Gasteiger partial charge in [0.05, 0.1) is 5.41 Å². The molecule has 4 fully saturated rings. The Morgan fingerprint density at radius 3 is 2.46 bits per heavy atom. The third kappa shape index (κ3) is 0.628. The van der Waals surface area contributed by atoms with Crippen LogP contribution in [0.1, 0.15) is 33.1 Å². The molecule has 13 heavy (non-hydrogen) atoms. The zero-order valence-electron chi connectivity index (χ0n) is 8.21. The summed E-state index contributed by atoms with van der Waals surface area (Å²) >= 11 is 0. The summed E-state index contributed by atoms with van der Waals surface area (Å²) in [4.78, 5) is 11.2. The number of hydrogen-bond acceptors (Lipinski definition) is 1. The van der Waals surface area contributed by atoms with Crippen LogP contribution >= 0.6 is 0 Å². The van der Waals surface area contributed by atoms with Gasteiger partial charge in [-0.05, 0) is 42.4 Å². The first kappa shape index (κ1) is 7.84. The number of hydrogen-bond donors (Lipinski definition) is 1. The Morgan fingerprint density at radius 1 is 1.31 bits per heavy atom. The second-order valence-electron chi connectivity index (χ2n) is 5.79. The molecule has 4 aliphatic rings. The molecule has 2 nitrogen and oxygen atoms in total. The summed E-state index contributed by atoms with van der Waals surface area (Å²) in [5, 5.41) is 9.27. The average Bonchev–Trinajstić information content (AvgIpc) is 2.77. The number of rotatable bonds is 1. The Morgan fingerprint density at radius 2 is 2.00 bits per heavy atom. The van der Waals surface area contributed by atoms with Crippen molar-refractivity contribution in [1.29, 1.82) is 0 Å². The van der Waals surface area contributed by atoms with Crippen molar-refractivity contribution in [2.45, 2.75) is 33.1 Å². The van der Waals surface area contributed by atoms with E-state index in [4.69, 9.17) is 0 Å². The van der Waals surface area contributed by atoms with Crippen LogP contribution < -0.4 is 0 Å². The number of carbonyl (C=O) groups is 1. The first-order valence-electron chi connectivity index (χ1n) is 5.23. The largest absolute Gasteiger partial charge is 0.481 e. The van der Waals surface area contributed by atoms with Gasteiger partial charge >= 0.3 is 5.97 Å². The third-order valence-electron chi connectivity index (χ3n) is 5.21. The second kappa shape index (κ2) is 1.79. The standard InChI is InChI=1S/C11H16O2/c1-10(2)6-3-7-5-11(7,9(12)13)8(10)4-6/h6-8H,3-5H2,1-2H3,(H,12,13). The van der Waals surface area contributed by atoms with Crippen LogP contribution in [0, 0.1) is 28.6 Å². The van der Waals surface area contributed by atoms with Crippen molar-refractivity contribution in [3.05, 3.63) is 0 Å². The van der Waals surface area contributed by atoms with Gasteiger partial charge in [-0.1, -0.05) is 13.8 Å². The van der Waals surface area contributed by atoms with Crippen LogP contribution in [-0.2, 0) is 4.79 Å². The molecule has 0 saturated heterocycles. The van der Waals surface area contributed by atoms with Crippen LogP contribution in [0.3, 0.4) is 0 Å². The summed E-state index contributed by atoms with van der Waals surface area (Å²) in [6.07, 6.45) is 3.32. The predicted molar refractivity (Wildman–Crippen MR) is 48.2 cm³/mol. The van der Waals surface area contributed by atoms with Crippen molar-refractivity contribution in [2.24, 2.45) is 28.6 Å². The molecule has 2 bridgehead atoms. The van der Waals surface area contributed by atoms with Crippen LogP contribution in [0.15, 0.2) is 0 Å². The SMILES string of the molecule is CC1(C)C2CC3CC3(C(=O)O)C1C2. The van der Waals surface area contributed by atoms with Gasteiger partial charge in [0.1, 0.15) is 0 Å². The maximum atomic E-state index is 11.2. The third-order valence-corrected chi connectivity index (χ3v) is 5.21. The summed E-state index contributed by atoms with van der Waals surface area (Å²) in [5.41, 5.74) is 0.0314. The predicted octanol–water partition coefficient (Wildman–Crippen LogP) is 2.14. The molecule has 4 unspecified atom stereocenters.